The van der Waals surface area contributed by atoms with E-state index >= 15 is 0 Å². The van der Waals surface area contributed by atoms with Crippen molar-refractivity contribution in [1.82, 2.24) is 0 Å². The fourth-order valence-corrected chi connectivity index (χ4v) is 4.12. The van der Waals surface area contributed by atoms with Crippen LogP contribution in [0.2, 0.25) is 0 Å². The molecule has 0 aliphatic rings. The fraction of sp³-hybridized carbons (Fsp3) is 0.294. The molecule has 0 radical (unpaired) electrons. The van der Waals surface area contributed by atoms with Crippen molar-refractivity contribution in [2.75, 3.05) is 0 Å². The van der Waals surface area contributed by atoms with Gasteiger partial charge >= 0.3 is 7.80 Å². The summed E-state index contributed by atoms with van der Waals surface area (Å²) in [6.07, 6.45) is 0. The largest absolute Gasteiger partial charge is 0.415 e. The summed E-state index contributed by atoms with van der Waals surface area (Å²) in [5.74, 6) is 0. The lowest BCUT2D eigenvalue weighted by Crippen LogP contribution is -2.17. The maximum absolute atomic E-state index is 12.9. The molecule has 0 amide bonds. The molecular weight excluding hydrogens is 251 g/mol. The van der Waals surface area contributed by atoms with Crippen LogP contribution in [-0.4, -0.2) is 0 Å². The molecule has 0 aliphatic heterocycles. The van der Waals surface area contributed by atoms with Gasteiger partial charge in [0.1, 0.15) is 0 Å². The molecule has 19 heavy (non-hydrogen) atoms. The maximum Gasteiger partial charge on any atom is 0.415 e. The van der Waals surface area contributed by atoms with E-state index in [1.165, 1.54) is 27.8 Å². The van der Waals surface area contributed by atoms with Gasteiger partial charge in [-0.2, -0.15) is 0 Å². The van der Waals surface area contributed by atoms with Gasteiger partial charge in [-0.3, -0.25) is 0 Å². The predicted octanol–water partition coefficient (Wildman–Crippen LogP) is 4.01. The summed E-state index contributed by atoms with van der Waals surface area (Å²) in [7, 11) is -1.51. The molecule has 1 atom stereocenters. The van der Waals surface area contributed by atoms with Crippen LogP contribution in [-0.2, 0) is 4.57 Å². The van der Waals surface area contributed by atoms with Gasteiger partial charge in [0.25, 0.3) is 0 Å². The Balaban J connectivity index is 2.67. The van der Waals surface area contributed by atoms with Crippen molar-refractivity contribution < 1.29 is 4.57 Å². The fourth-order valence-electron chi connectivity index (χ4n) is 2.48. The van der Waals surface area contributed by atoms with Crippen molar-refractivity contribution >= 4 is 18.4 Å². The molecule has 0 fully saturated rings. The molecule has 0 saturated heterocycles. The Bertz CT molecular complexity index is 613. The highest BCUT2D eigenvalue weighted by molar-refractivity contribution is 7.61. The second-order valence-corrected chi connectivity index (χ2v) is 6.66. The highest BCUT2D eigenvalue weighted by Gasteiger charge is 2.30. The van der Waals surface area contributed by atoms with E-state index in [-0.39, 0.29) is 0 Å². The predicted molar refractivity (Wildman–Crippen MR) is 83.4 cm³/mol. The van der Waals surface area contributed by atoms with E-state index in [9.17, 15) is 4.57 Å². The monoisotopic (exact) mass is 271 g/mol. The van der Waals surface area contributed by atoms with E-state index in [1.807, 2.05) is 30.3 Å². The number of benzene rings is 2. The SMILES string of the molecule is Cc1c(C)c(C)c([P+](=O)c2ccccc2)c(C)c1C. The first-order valence-electron chi connectivity index (χ1n) is 6.54. The molecule has 2 rings (SSSR count). The van der Waals surface area contributed by atoms with Crippen molar-refractivity contribution in [3.8, 4) is 0 Å². The van der Waals surface area contributed by atoms with Crippen LogP contribution in [0, 0.1) is 34.6 Å². The van der Waals surface area contributed by atoms with Gasteiger partial charge in [-0.1, -0.05) is 22.8 Å². The average Bonchev–Trinajstić information content (AvgIpc) is 2.44. The molecule has 1 unspecified atom stereocenters. The first-order valence-corrected chi connectivity index (χ1v) is 7.80. The van der Waals surface area contributed by atoms with Crippen LogP contribution >= 0.6 is 7.80 Å². The van der Waals surface area contributed by atoms with Gasteiger partial charge in [-0.05, 0) is 63.4 Å². The van der Waals surface area contributed by atoms with E-state index in [1.54, 1.807) is 0 Å². The normalized spacial score (nSPS) is 11.5. The van der Waals surface area contributed by atoms with Gasteiger partial charge in [-0.15, -0.1) is 0 Å². The zero-order chi connectivity index (χ0) is 14.2. The van der Waals surface area contributed by atoms with Gasteiger partial charge in [0.2, 0.25) is 5.30 Å². The number of rotatable bonds is 2. The van der Waals surface area contributed by atoms with E-state index in [0.29, 0.717) is 0 Å². The van der Waals surface area contributed by atoms with E-state index < -0.39 is 7.80 Å². The molecule has 0 spiro atoms. The standard InChI is InChI=1S/C17H20OP/c1-11-12(2)14(4)17(15(5)13(11)3)19(18)16-9-7-6-8-10-16/h6-10H,1-5H3/q+1. The molecule has 2 aromatic carbocycles. The third kappa shape index (κ3) is 2.35. The van der Waals surface area contributed by atoms with Gasteiger partial charge in [0.15, 0.2) is 5.30 Å². The molecule has 0 N–H and O–H groups in total. The van der Waals surface area contributed by atoms with Crippen molar-refractivity contribution in [3.05, 3.63) is 58.1 Å². The minimum absolute atomic E-state index is 0.909. The Morgan fingerprint density at radius 2 is 1.11 bits per heavy atom. The molecule has 0 heterocycles. The molecule has 2 aromatic rings. The summed E-state index contributed by atoms with van der Waals surface area (Å²) in [6, 6.07) is 9.74. The second-order valence-electron chi connectivity index (χ2n) is 5.10. The molecule has 0 saturated carbocycles. The van der Waals surface area contributed by atoms with Gasteiger partial charge in [0.05, 0.1) is 0 Å². The highest BCUT2D eigenvalue weighted by Crippen LogP contribution is 2.29. The summed E-state index contributed by atoms with van der Waals surface area (Å²) >= 11 is 0. The maximum atomic E-state index is 12.9. The molecule has 2 heteroatoms. The van der Waals surface area contributed by atoms with Crippen molar-refractivity contribution in [2.45, 2.75) is 34.6 Å². The zero-order valence-corrected chi connectivity index (χ0v) is 13.1. The third-order valence-corrected chi connectivity index (χ3v) is 6.00. The van der Waals surface area contributed by atoms with Crippen LogP contribution in [0.25, 0.3) is 0 Å². The van der Waals surface area contributed by atoms with Crippen LogP contribution in [0.3, 0.4) is 0 Å². The van der Waals surface area contributed by atoms with Gasteiger partial charge in [0, 0.05) is 11.1 Å². The molecule has 0 aromatic heterocycles. The first kappa shape index (κ1) is 14.0. The molecule has 0 aliphatic carbocycles. The first-order chi connectivity index (χ1) is 8.95. The quantitative estimate of drug-likeness (QED) is 0.754. The summed E-state index contributed by atoms with van der Waals surface area (Å²) in [5, 5.41) is 1.92. The number of hydrogen-bond acceptors (Lipinski definition) is 1. The van der Waals surface area contributed by atoms with Crippen LogP contribution in [0.4, 0.5) is 0 Å². The Morgan fingerprint density at radius 3 is 1.58 bits per heavy atom. The van der Waals surface area contributed by atoms with E-state index in [0.717, 1.165) is 10.6 Å². The molecule has 0 bridgehead atoms. The summed E-state index contributed by atoms with van der Waals surface area (Å²) in [6.45, 7) is 10.5. The summed E-state index contributed by atoms with van der Waals surface area (Å²) in [5.41, 5.74) is 6.18. The topological polar surface area (TPSA) is 17.1 Å². The zero-order valence-electron chi connectivity index (χ0n) is 12.2. The molecular formula is C17H20OP+. The van der Waals surface area contributed by atoms with Crippen molar-refractivity contribution in [2.24, 2.45) is 0 Å². The lowest BCUT2D eigenvalue weighted by Gasteiger charge is -2.12. The Hall–Kier alpha value is -1.46. The van der Waals surface area contributed by atoms with Crippen LogP contribution in [0.1, 0.15) is 27.8 Å². The second kappa shape index (κ2) is 5.27. The van der Waals surface area contributed by atoms with Crippen molar-refractivity contribution in [3.63, 3.8) is 0 Å². The lowest BCUT2D eigenvalue weighted by molar-refractivity contribution is 0.598. The van der Waals surface area contributed by atoms with Crippen molar-refractivity contribution in [1.29, 1.82) is 0 Å². The van der Waals surface area contributed by atoms with Gasteiger partial charge < -0.3 is 0 Å². The van der Waals surface area contributed by atoms with E-state index in [2.05, 4.69) is 34.6 Å². The highest BCUT2D eigenvalue weighted by atomic mass is 31.1. The minimum Gasteiger partial charge on any atom is -0.0619 e. The smallest absolute Gasteiger partial charge is 0.0619 e. The van der Waals surface area contributed by atoms with Crippen LogP contribution in [0.5, 0.6) is 0 Å². The minimum atomic E-state index is -1.51. The van der Waals surface area contributed by atoms with Gasteiger partial charge in [-0.25, -0.2) is 0 Å². The molecule has 98 valence electrons. The molecule has 1 nitrogen and oxygen atoms in total. The average molecular weight is 271 g/mol. The Morgan fingerprint density at radius 1 is 0.684 bits per heavy atom. The Labute approximate surface area is 116 Å². The lowest BCUT2D eigenvalue weighted by atomic mass is 9.95. The van der Waals surface area contributed by atoms with E-state index in [4.69, 9.17) is 0 Å². The summed E-state index contributed by atoms with van der Waals surface area (Å²) in [4.78, 5) is 0. The van der Waals surface area contributed by atoms with Crippen LogP contribution in [0.15, 0.2) is 30.3 Å². The van der Waals surface area contributed by atoms with Crippen LogP contribution < -0.4 is 10.6 Å². The Kier molecular flexibility index (Phi) is 3.87. The third-order valence-electron chi connectivity index (χ3n) is 4.15. The number of hydrogen-bond donors (Lipinski definition) is 0. The summed E-state index contributed by atoms with van der Waals surface area (Å²) < 4.78 is 12.9.